The van der Waals surface area contributed by atoms with E-state index in [1.807, 2.05) is 0 Å². The highest BCUT2D eigenvalue weighted by molar-refractivity contribution is 5.48. The Morgan fingerprint density at radius 1 is 1.43 bits per heavy atom. The fraction of sp³-hybridized carbons (Fsp3) is 0.462. The Morgan fingerprint density at radius 3 is 2.86 bits per heavy atom. The van der Waals surface area contributed by atoms with Crippen molar-refractivity contribution < 1.29 is 13.9 Å². The van der Waals surface area contributed by atoms with E-state index in [4.69, 9.17) is 9.47 Å². The molecule has 112 valence electrons. The van der Waals surface area contributed by atoms with Crippen molar-refractivity contribution in [2.45, 2.75) is 19.4 Å². The lowest BCUT2D eigenvalue weighted by molar-refractivity contribution is 0.141. The average Bonchev–Trinajstić information content (AvgIpc) is 3.06. The molecule has 1 aromatic carbocycles. The van der Waals surface area contributed by atoms with Gasteiger partial charge in [-0.25, -0.2) is 9.18 Å². The van der Waals surface area contributed by atoms with Crippen LogP contribution in [-0.4, -0.2) is 39.1 Å². The molecule has 0 bridgehead atoms. The van der Waals surface area contributed by atoms with Crippen LogP contribution in [0, 0.1) is 12.7 Å². The molecule has 0 aliphatic carbocycles. The zero-order chi connectivity index (χ0) is 15.0. The van der Waals surface area contributed by atoms with E-state index in [-0.39, 0.29) is 11.9 Å². The van der Waals surface area contributed by atoms with Gasteiger partial charge in [-0.2, -0.15) is 9.36 Å². The van der Waals surface area contributed by atoms with Gasteiger partial charge in [0.25, 0.3) is 0 Å². The van der Waals surface area contributed by atoms with Crippen LogP contribution < -0.4 is 10.4 Å². The normalized spacial score (nSPS) is 18.1. The molecular formula is C13H15FN4O3. The largest absolute Gasteiger partial charge is 0.486 e. The van der Waals surface area contributed by atoms with Crippen molar-refractivity contribution in [3.63, 3.8) is 0 Å². The number of hydrogen-bond acceptors (Lipinski definition) is 5. The minimum absolute atomic E-state index is 0.154. The summed E-state index contributed by atoms with van der Waals surface area (Å²) < 4.78 is 27.0. The topological polar surface area (TPSA) is 71.2 Å². The van der Waals surface area contributed by atoms with Crippen LogP contribution in [0.1, 0.15) is 12.0 Å². The van der Waals surface area contributed by atoms with E-state index in [1.165, 1.54) is 19.2 Å². The lowest BCUT2D eigenvalue weighted by Crippen LogP contribution is -2.24. The number of aryl methyl sites for hydroxylation is 2. The molecule has 8 heteroatoms. The molecule has 1 fully saturated rings. The van der Waals surface area contributed by atoms with Gasteiger partial charge in [0.05, 0.1) is 13.2 Å². The first kappa shape index (κ1) is 13.7. The zero-order valence-electron chi connectivity index (χ0n) is 11.7. The minimum atomic E-state index is -0.423. The third-order valence-corrected chi connectivity index (χ3v) is 3.37. The van der Waals surface area contributed by atoms with Crippen LogP contribution in [0.5, 0.6) is 5.75 Å². The van der Waals surface area contributed by atoms with Gasteiger partial charge in [-0.3, -0.25) is 0 Å². The van der Waals surface area contributed by atoms with Crippen LogP contribution >= 0.6 is 0 Å². The summed E-state index contributed by atoms with van der Waals surface area (Å²) >= 11 is 0. The van der Waals surface area contributed by atoms with E-state index in [0.717, 1.165) is 15.8 Å². The van der Waals surface area contributed by atoms with Crippen molar-refractivity contribution >= 4 is 0 Å². The number of ether oxygens (including phenoxy) is 2. The van der Waals surface area contributed by atoms with E-state index in [9.17, 15) is 9.18 Å². The van der Waals surface area contributed by atoms with Crippen LogP contribution in [0.2, 0.25) is 0 Å². The van der Waals surface area contributed by atoms with Gasteiger partial charge >= 0.3 is 5.69 Å². The summed E-state index contributed by atoms with van der Waals surface area (Å²) in [6.07, 6.45) is 0.572. The van der Waals surface area contributed by atoms with Gasteiger partial charge in [0, 0.05) is 19.5 Å². The zero-order valence-corrected chi connectivity index (χ0v) is 11.7. The molecule has 21 heavy (non-hydrogen) atoms. The van der Waals surface area contributed by atoms with Gasteiger partial charge in [-0.1, -0.05) is 0 Å². The van der Waals surface area contributed by atoms with E-state index < -0.39 is 11.5 Å². The fourth-order valence-corrected chi connectivity index (χ4v) is 2.16. The van der Waals surface area contributed by atoms with Gasteiger partial charge in [0.1, 0.15) is 23.4 Å². The van der Waals surface area contributed by atoms with Crippen molar-refractivity contribution in [3.05, 3.63) is 34.0 Å². The smallest absolute Gasteiger partial charge is 0.368 e. The molecule has 1 aliphatic rings. The molecule has 0 radical (unpaired) electrons. The third kappa shape index (κ3) is 2.54. The second-order valence-corrected chi connectivity index (χ2v) is 4.97. The van der Waals surface area contributed by atoms with Crippen molar-refractivity contribution in [1.29, 1.82) is 0 Å². The Labute approximate surface area is 119 Å². The highest BCUT2D eigenvalue weighted by atomic mass is 19.1. The molecule has 1 unspecified atom stereocenters. The maximum Gasteiger partial charge on any atom is 0.368 e. The van der Waals surface area contributed by atoms with Crippen LogP contribution in [-0.2, 0) is 11.8 Å². The first-order valence-electron chi connectivity index (χ1n) is 6.60. The molecule has 3 rings (SSSR count). The molecule has 7 nitrogen and oxygen atoms in total. The van der Waals surface area contributed by atoms with Crippen LogP contribution in [0.3, 0.4) is 0 Å². The Morgan fingerprint density at radius 2 is 2.24 bits per heavy atom. The van der Waals surface area contributed by atoms with Crippen molar-refractivity contribution in [2.75, 3.05) is 13.2 Å². The molecule has 1 aliphatic heterocycles. The summed E-state index contributed by atoms with van der Waals surface area (Å²) in [7, 11) is 1.49. The first-order valence-corrected chi connectivity index (χ1v) is 6.60. The Hall–Kier alpha value is -2.22. The van der Waals surface area contributed by atoms with Gasteiger partial charge in [0.2, 0.25) is 0 Å². The van der Waals surface area contributed by atoms with E-state index in [2.05, 4.69) is 10.4 Å². The van der Waals surface area contributed by atoms with E-state index >= 15 is 0 Å². The Kier molecular flexibility index (Phi) is 3.46. The lowest BCUT2D eigenvalue weighted by Gasteiger charge is -2.15. The van der Waals surface area contributed by atoms with Gasteiger partial charge in [-0.15, -0.1) is 0 Å². The highest BCUT2D eigenvalue weighted by Gasteiger charge is 2.21. The number of benzene rings is 1. The number of hydrogen-bond donors (Lipinski definition) is 0. The van der Waals surface area contributed by atoms with Crippen LogP contribution in [0.25, 0.3) is 5.69 Å². The summed E-state index contributed by atoms with van der Waals surface area (Å²) in [5.41, 5.74) is 0.352. The van der Waals surface area contributed by atoms with Crippen molar-refractivity contribution in [2.24, 2.45) is 7.05 Å². The van der Waals surface area contributed by atoms with Crippen molar-refractivity contribution in [1.82, 2.24) is 19.8 Å². The second kappa shape index (κ2) is 5.28. The fourth-order valence-electron chi connectivity index (χ4n) is 2.16. The van der Waals surface area contributed by atoms with Crippen LogP contribution in [0.4, 0.5) is 4.39 Å². The summed E-state index contributed by atoms with van der Waals surface area (Å²) in [4.78, 5) is 12.0. The van der Waals surface area contributed by atoms with E-state index in [1.54, 1.807) is 6.92 Å². The van der Waals surface area contributed by atoms with Gasteiger partial charge < -0.3 is 9.47 Å². The third-order valence-electron chi connectivity index (χ3n) is 3.37. The first-order chi connectivity index (χ1) is 10.1. The summed E-state index contributed by atoms with van der Waals surface area (Å²) in [6, 6.07) is 2.79. The summed E-state index contributed by atoms with van der Waals surface area (Å²) in [5.74, 6) is -0.138. The number of tetrazole rings is 1. The SMILES string of the molecule is Cc1cc(-n2nnn(C)c2=O)c(OC2CCOC2)cc1F. The molecule has 1 saturated heterocycles. The summed E-state index contributed by atoms with van der Waals surface area (Å²) in [5, 5.41) is 7.44. The molecule has 1 aromatic heterocycles. The molecule has 0 saturated carbocycles. The Balaban J connectivity index is 2.07. The maximum absolute atomic E-state index is 13.8. The molecule has 1 atom stereocenters. The summed E-state index contributed by atoms with van der Waals surface area (Å²) in [6.45, 7) is 2.67. The molecule has 0 spiro atoms. The van der Waals surface area contributed by atoms with Gasteiger partial charge in [0.15, 0.2) is 0 Å². The standard InChI is InChI=1S/C13H15FN4O3/c1-8-5-11(18-13(19)17(2)15-16-18)12(6-10(8)14)21-9-3-4-20-7-9/h5-6,9H,3-4,7H2,1-2H3. The molecule has 2 heterocycles. The number of rotatable bonds is 3. The number of nitrogens with zero attached hydrogens (tertiary/aromatic N) is 4. The Bertz CT molecular complexity index is 719. The maximum atomic E-state index is 13.8. The van der Waals surface area contributed by atoms with Gasteiger partial charge in [-0.05, 0) is 29.0 Å². The second-order valence-electron chi connectivity index (χ2n) is 4.97. The highest BCUT2D eigenvalue weighted by Crippen LogP contribution is 2.27. The number of halogens is 1. The minimum Gasteiger partial charge on any atom is -0.486 e. The average molecular weight is 294 g/mol. The molecule has 0 amide bonds. The predicted octanol–water partition coefficient (Wildman–Crippen LogP) is 0.581. The quantitative estimate of drug-likeness (QED) is 0.828. The molecule has 0 N–H and O–H groups in total. The molecule has 2 aromatic rings. The number of aromatic nitrogens is 4. The lowest BCUT2D eigenvalue weighted by atomic mass is 10.2. The monoisotopic (exact) mass is 294 g/mol. The van der Waals surface area contributed by atoms with Crippen molar-refractivity contribution in [3.8, 4) is 11.4 Å². The predicted molar refractivity (Wildman–Crippen MR) is 71.1 cm³/mol. The molecular weight excluding hydrogens is 279 g/mol. The van der Waals surface area contributed by atoms with E-state index in [0.29, 0.717) is 24.5 Å². The van der Waals surface area contributed by atoms with Crippen LogP contribution in [0.15, 0.2) is 16.9 Å².